The number of fused-ring (bicyclic) bond motifs is 8. The smallest absolute Gasteiger partial charge is 0.00828 e. The highest BCUT2D eigenvalue weighted by molar-refractivity contribution is 6.71. The number of allylic oxidation sites excluding steroid dienone is 16. The third kappa shape index (κ3) is 2.34. The van der Waals surface area contributed by atoms with Crippen LogP contribution in [0.3, 0.4) is 0 Å². The van der Waals surface area contributed by atoms with Gasteiger partial charge < -0.3 is 0 Å². The Labute approximate surface area is 176 Å². The van der Waals surface area contributed by atoms with Crippen molar-refractivity contribution >= 4 is 13.6 Å². The van der Waals surface area contributed by atoms with Crippen LogP contribution in [0, 0.1) is 40.9 Å². The summed E-state index contributed by atoms with van der Waals surface area (Å²) in [5.41, 5.74) is 3.68. The van der Waals surface area contributed by atoms with E-state index < -0.39 is 8.41 Å². The zero-order chi connectivity index (χ0) is 19.6. The summed E-state index contributed by atoms with van der Waals surface area (Å²) < 4.78 is 0. The number of hydrogen-bond acceptors (Lipinski definition) is 0. The van der Waals surface area contributed by atoms with E-state index in [2.05, 4.69) is 98.2 Å². The highest BCUT2D eigenvalue weighted by atomic mass is 28.2. The minimum atomic E-state index is -0.473. The van der Waals surface area contributed by atoms with Gasteiger partial charge in [-0.2, -0.15) is 0 Å². The van der Waals surface area contributed by atoms with Gasteiger partial charge in [0.25, 0.3) is 0 Å². The highest BCUT2D eigenvalue weighted by Crippen LogP contribution is 2.70. The summed E-state index contributed by atoms with van der Waals surface area (Å²) in [6, 6.07) is 0. The fourth-order valence-corrected chi connectivity index (χ4v) is 9.06. The van der Waals surface area contributed by atoms with Gasteiger partial charge in [-0.15, -0.1) is 0 Å². The third-order valence-corrected chi connectivity index (χ3v) is 10.2. The van der Waals surface area contributed by atoms with Gasteiger partial charge in [-0.25, -0.2) is 0 Å². The molecule has 1 heteroatoms. The average Bonchev–Trinajstić information content (AvgIpc) is 3.40. The standard InChI is InChI=1S/C28H30Si/c1-29(2)25-17-9-10-19-18-28(20-11-3-4-12-20)24-16-8-7-14-22(24)21-13-5-6-15-23(21)27(28)26(19)25/h3-11,13-17,21-24,26-27H,12,18H2,1-2H3. The van der Waals surface area contributed by atoms with Crippen LogP contribution in [0.5, 0.6) is 0 Å². The van der Waals surface area contributed by atoms with Gasteiger partial charge >= 0.3 is 0 Å². The maximum atomic E-state index is 2.58. The van der Waals surface area contributed by atoms with Crippen LogP contribution >= 0.6 is 0 Å². The predicted octanol–water partition coefficient (Wildman–Crippen LogP) is 6.23. The lowest BCUT2D eigenvalue weighted by atomic mass is 9.46. The van der Waals surface area contributed by atoms with E-state index in [-0.39, 0.29) is 5.41 Å². The van der Waals surface area contributed by atoms with E-state index in [4.69, 9.17) is 0 Å². The van der Waals surface area contributed by atoms with Gasteiger partial charge in [0.05, 0.1) is 0 Å². The molecular weight excluding hydrogens is 364 g/mol. The molecule has 0 amide bonds. The Morgan fingerprint density at radius 1 is 0.828 bits per heavy atom. The van der Waals surface area contributed by atoms with E-state index in [1.807, 2.05) is 0 Å². The van der Waals surface area contributed by atoms with Crippen molar-refractivity contribution in [2.24, 2.45) is 40.9 Å². The van der Waals surface area contributed by atoms with Gasteiger partial charge in [0, 0.05) is 19.7 Å². The Hall–Kier alpha value is -1.99. The molecule has 0 heterocycles. The molecule has 7 unspecified atom stereocenters. The second kappa shape index (κ2) is 6.50. The van der Waals surface area contributed by atoms with Crippen molar-refractivity contribution in [3.8, 4) is 0 Å². The second-order valence-electron chi connectivity index (χ2n) is 9.90. The SMILES string of the molecule is C[Si](C)=C1C=CC=C2CC3(C4=CC=CC4)C4C=CC=CC4C4C=CC=CC4C3C21. The first-order valence-corrected chi connectivity index (χ1v) is 13.8. The topological polar surface area (TPSA) is 0 Å². The van der Waals surface area contributed by atoms with Crippen molar-refractivity contribution in [3.05, 3.63) is 96.2 Å². The lowest BCUT2D eigenvalue weighted by Gasteiger charge is -2.57. The molecular formula is C28H30Si. The quantitative estimate of drug-likeness (QED) is 0.462. The van der Waals surface area contributed by atoms with Crippen molar-refractivity contribution in [1.29, 1.82) is 0 Å². The molecule has 7 atom stereocenters. The monoisotopic (exact) mass is 394 g/mol. The summed E-state index contributed by atoms with van der Waals surface area (Å²) in [6.07, 6.45) is 36.4. The highest BCUT2D eigenvalue weighted by Gasteiger charge is 2.64. The van der Waals surface area contributed by atoms with Crippen molar-refractivity contribution in [2.75, 3.05) is 0 Å². The third-order valence-electron chi connectivity index (χ3n) is 8.57. The molecule has 146 valence electrons. The molecule has 0 aromatic heterocycles. The molecule has 0 nitrogen and oxygen atoms in total. The van der Waals surface area contributed by atoms with Crippen LogP contribution in [0.25, 0.3) is 0 Å². The largest absolute Gasteiger partial charge is 0.0805 e. The normalized spacial score (nSPS) is 42.9. The van der Waals surface area contributed by atoms with Gasteiger partial charge in [0.1, 0.15) is 0 Å². The molecule has 29 heavy (non-hydrogen) atoms. The molecule has 0 saturated heterocycles. The Morgan fingerprint density at radius 3 is 2.34 bits per heavy atom. The lowest BCUT2D eigenvalue weighted by molar-refractivity contribution is 0.0114. The minimum Gasteiger partial charge on any atom is -0.0805 e. The van der Waals surface area contributed by atoms with Crippen LogP contribution in [0.4, 0.5) is 0 Å². The number of rotatable bonds is 1. The Bertz CT molecular complexity index is 1020. The van der Waals surface area contributed by atoms with E-state index >= 15 is 0 Å². The summed E-state index contributed by atoms with van der Waals surface area (Å²) in [5, 5.41) is 1.77. The summed E-state index contributed by atoms with van der Waals surface area (Å²) in [6.45, 7) is 4.99. The Morgan fingerprint density at radius 2 is 1.59 bits per heavy atom. The predicted molar refractivity (Wildman–Crippen MR) is 126 cm³/mol. The van der Waals surface area contributed by atoms with E-state index in [1.165, 1.54) is 6.42 Å². The van der Waals surface area contributed by atoms with Crippen LogP contribution in [-0.2, 0) is 0 Å². The van der Waals surface area contributed by atoms with Crippen LogP contribution in [0.15, 0.2) is 96.2 Å². The molecule has 2 saturated carbocycles. The number of hydrogen-bond donors (Lipinski definition) is 0. The van der Waals surface area contributed by atoms with E-state index in [0.29, 0.717) is 35.5 Å². The van der Waals surface area contributed by atoms with Crippen LogP contribution in [-0.4, -0.2) is 13.6 Å². The Kier molecular flexibility index (Phi) is 4.00. The van der Waals surface area contributed by atoms with Gasteiger partial charge in [-0.05, 0) is 42.4 Å². The maximum Gasteiger partial charge on any atom is 0.00828 e. The van der Waals surface area contributed by atoms with Crippen LogP contribution < -0.4 is 0 Å². The fraction of sp³-hybridized carbons (Fsp3) is 0.393. The van der Waals surface area contributed by atoms with Crippen molar-refractivity contribution in [3.63, 3.8) is 0 Å². The van der Waals surface area contributed by atoms with E-state index in [9.17, 15) is 0 Å². The Balaban J connectivity index is 1.61. The summed E-state index contributed by atoms with van der Waals surface area (Å²) in [5.74, 6) is 3.83. The van der Waals surface area contributed by atoms with Gasteiger partial charge in [0.2, 0.25) is 0 Å². The fourth-order valence-electron chi connectivity index (χ4n) is 7.64. The first-order valence-electron chi connectivity index (χ1n) is 11.3. The summed E-state index contributed by atoms with van der Waals surface area (Å²) in [7, 11) is -0.473. The first kappa shape index (κ1) is 17.8. The summed E-state index contributed by atoms with van der Waals surface area (Å²) >= 11 is 0. The zero-order valence-corrected chi connectivity index (χ0v) is 18.5. The molecule has 6 aliphatic carbocycles. The molecule has 6 rings (SSSR count). The average molecular weight is 395 g/mol. The zero-order valence-electron chi connectivity index (χ0n) is 17.5. The molecule has 0 radical (unpaired) electrons. The van der Waals surface area contributed by atoms with Gasteiger partial charge in [0.15, 0.2) is 0 Å². The van der Waals surface area contributed by atoms with E-state index in [0.717, 1.165) is 6.42 Å². The maximum absolute atomic E-state index is 2.58. The van der Waals surface area contributed by atoms with Crippen molar-refractivity contribution in [2.45, 2.75) is 25.9 Å². The molecule has 0 aliphatic heterocycles. The van der Waals surface area contributed by atoms with E-state index in [1.54, 1.807) is 16.3 Å². The first-order chi connectivity index (χ1) is 14.2. The second-order valence-corrected chi connectivity index (χ2v) is 12.5. The van der Waals surface area contributed by atoms with Crippen LogP contribution in [0.2, 0.25) is 13.1 Å². The van der Waals surface area contributed by atoms with Gasteiger partial charge in [-0.3, -0.25) is 0 Å². The molecule has 6 aliphatic rings. The summed E-state index contributed by atoms with van der Waals surface area (Å²) in [4.78, 5) is 0. The molecule has 0 spiro atoms. The lowest BCUT2D eigenvalue weighted by Crippen LogP contribution is -2.53. The van der Waals surface area contributed by atoms with Crippen molar-refractivity contribution < 1.29 is 0 Å². The van der Waals surface area contributed by atoms with Gasteiger partial charge in [-0.1, -0.05) is 114 Å². The molecule has 0 aromatic rings. The minimum absolute atomic E-state index is 0.261. The van der Waals surface area contributed by atoms with Crippen molar-refractivity contribution in [1.82, 2.24) is 0 Å². The molecule has 0 bridgehead atoms. The molecule has 2 fully saturated rings. The molecule has 0 N–H and O–H groups in total. The molecule has 0 aromatic carbocycles. The van der Waals surface area contributed by atoms with Crippen LogP contribution in [0.1, 0.15) is 12.8 Å².